The van der Waals surface area contributed by atoms with Gasteiger partial charge in [-0.1, -0.05) is 30.3 Å². The summed E-state index contributed by atoms with van der Waals surface area (Å²) < 4.78 is 0.917. The number of nitrogens with zero attached hydrogens (tertiary/aromatic N) is 2. The van der Waals surface area contributed by atoms with Crippen LogP contribution in [0.2, 0.25) is 0 Å². The Morgan fingerprint density at radius 1 is 1.14 bits per heavy atom. The van der Waals surface area contributed by atoms with E-state index >= 15 is 0 Å². The Kier molecular flexibility index (Phi) is 4.13. The topological polar surface area (TPSA) is 63.8 Å². The van der Waals surface area contributed by atoms with Crippen LogP contribution in [-0.2, 0) is 0 Å². The number of anilines is 1. The molecule has 3 rings (SSSR count). The van der Waals surface area contributed by atoms with Crippen molar-refractivity contribution in [3.05, 3.63) is 64.9 Å². The molecular formula is C16H15BrN4. The predicted molar refractivity (Wildman–Crippen MR) is 89.1 cm³/mol. The fraction of sp³-hybridized carbons (Fsp3) is 0.125. The summed E-state index contributed by atoms with van der Waals surface area (Å²) in [6, 6.07) is 13.9. The molecule has 5 heteroatoms. The van der Waals surface area contributed by atoms with Gasteiger partial charge < -0.3 is 11.1 Å². The Balaban J connectivity index is 1.79. The minimum absolute atomic E-state index is 0.0649. The molecular weight excluding hydrogens is 328 g/mol. The lowest BCUT2D eigenvalue weighted by Crippen LogP contribution is -2.20. The molecule has 1 aromatic carbocycles. The van der Waals surface area contributed by atoms with E-state index in [1.54, 1.807) is 12.4 Å². The highest BCUT2D eigenvalue weighted by molar-refractivity contribution is 9.10. The predicted octanol–water partition coefficient (Wildman–Crippen LogP) is 3.50. The van der Waals surface area contributed by atoms with Crippen LogP contribution < -0.4 is 11.1 Å². The molecule has 2 heterocycles. The number of pyridine rings is 2. The van der Waals surface area contributed by atoms with Crippen LogP contribution in [0.3, 0.4) is 0 Å². The van der Waals surface area contributed by atoms with Crippen LogP contribution in [0.5, 0.6) is 0 Å². The van der Waals surface area contributed by atoms with Crippen molar-refractivity contribution in [1.29, 1.82) is 0 Å². The first-order valence-corrected chi connectivity index (χ1v) is 7.48. The third kappa shape index (κ3) is 3.20. The molecule has 0 bridgehead atoms. The molecule has 3 aromatic rings. The molecule has 4 nitrogen and oxygen atoms in total. The minimum atomic E-state index is -0.0649. The molecule has 0 saturated heterocycles. The maximum atomic E-state index is 6.20. The largest absolute Gasteiger partial charge is 0.381 e. The second kappa shape index (κ2) is 6.20. The molecule has 0 aliphatic heterocycles. The SMILES string of the molecule is NC(CNc1ccnc2cc(Br)cnc12)c1ccccc1. The van der Waals surface area contributed by atoms with E-state index in [0.29, 0.717) is 6.54 Å². The summed E-state index contributed by atoms with van der Waals surface area (Å²) in [7, 11) is 0. The molecule has 0 amide bonds. The lowest BCUT2D eigenvalue weighted by atomic mass is 10.1. The first-order chi connectivity index (χ1) is 10.2. The number of rotatable bonds is 4. The summed E-state index contributed by atoms with van der Waals surface area (Å²) in [6.07, 6.45) is 3.54. The fourth-order valence-electron chi connectivity index (χ4n) is 2.19. The smallest absolute Gasteiger partial charge is 0.112 e. The Bertz CT molecular complexity index is 746. The molecule has 0 saturated carbocycles. The van der Waals surface area contributed by atoms with E-state index in [1.807, 2.05) is 42.5 Å². The van der Waals surface area contributed by atoms with Gasteiger partial charge in [0.1, 0.15) is 5.52 Å². The Labute approximate surface area is 131 Å². The first-order valence-electron chi connectivity index (χ1n) is 6.69. The molecule has 2 aromatic heterocycles. The Morgan fingerprint density at radius 2 is 1.95 bits per heavy atom. The van der Waals surface area contributed by atoms with Gasteiger partial charge in [-0.2, -0.15) is 0 Å². The van der Waals surface area contributed by atoms with Gasteiger partial charge in [-0.25, -0.2) is 0 Å². The number of hydrogen-bond donors (Lipinski definition) is 2. The molecule has 0 spiro atoms. The van der Waals surface area contributed by atoms with Gasteiger partial charge in [0.15, 0.2) is 0 Å². The first kappa shape index (κ1) is 14.0. The van der Waals surface area contributed by atoms with Crippen molar-refractivity contribution < 1.29 is 0 Å². The van der Waals surface area contributed by atoms with Crippen LogP contribution in [0.4, 0.5) is 5.69 Å². The molecule has 0 aliphatic rings. The van der Waals surface area contributed by atoms with E-state index in [0.717, 1.165) is 26.8 Å². The summed E-state index contributed by atoms with van der Waals surface area (Å²) in [5.74, 6) is 0. The lowest BCUT2D eigenvalue weighted by Gasteiger charge is -2.15. The van der Waals surface area contributed by atoms with Crippen molar-refractivity contribution in [2.45, 2.75) is 6.04 Å². The van der Waals surface area contributed by atoms with E-state index in [4.69, 9.17) is 5.73 Å². The normalized spacial score (nSPS) is 12.3. The molecule has 3 N–H and O–H groups in total. The highest BCUT2D eigenvalue weighted by atomic mass is 79.9. The minimum Gasteiger partial charge on any atom is -0.381 e. The van der Waals surface area contributed by atoms with Crippen molar-refractivity contribution in [2.75, 3.05) is 11.9 Å². The highest BCUT2D eigenvalue weighted by Crippen LogP contribution is 2.22. The van der Waals surface area contributed by atoms with Crippen LogP contribution in [-0.4, -0.2) is 16.5 Å². The highest BCUT2D eigenvalue weighted by Gasteiger charge is 2.08. The Morgan fingerprint density at radius 3 is 2.76 bits per heavy atom. The summed E-state index contributed by atoms with van der Waals surface area (Å²) in [4.78, 5) is 8.74. The molecule has 106 valence electrons. The van der Waals surface area contributed by atoms with Gasteiger partial charge in [-0.15, -0.1) is 0 Å². The van der Waals surface area contributed by atoms with Gasteiger partial charge in [0.25, 0.3) is 0 Å². The monoisotopic (exact) mass is 342 g/mol. The van der Waals surface area contributed by atoms with Gasteiger partial charge in [-0.3, -0.25) is 9.97 Å². The van der Waals surface area contributed by atoms with Crippen molar-refractivity contribution in [1.82, 2.24) is 9.97 Å². The van der Waals surface area contributed by atoms with Crippen LogP contribution in [0.25, 0.3) is 11.0 Å². The number of nitrogens with one attached hydrogen (secondary N) is 1. The Hall–Kier alpha value is -1.98. The molecule has 1 atom stereocenters. The van der Waals surface area contributed by atoms with Gasteiger partial charge in [-0.05, 0) is 33.6 Å². The molecule has 21 heavy (non-hydrogen) atoms. The van der Waals surface area contributed by atoms with Crippen molar-refractivity contribution in [3.8, 4) is 0 Å². The van der Waals surface area contributed by atoms with Gasteiger partial charge >= 0.3 is 0 Å². The van der Waals surface area contributed by atoms with Crippen LogP contribution >= 0.6 is 15.9 Å². The van der Waals surface area contributed by atoms with Crippen molar-refractivity contribution in [3.63, 3.8) is 0 Å². The van der Waals surface area contributed by atoms with E-state index in [1.165, 1.54) is 0 Å². The average Bonchev–Trinajstić information content (AvgIpc) is 2.53. The number of halogens is 1. The average molecular weight is 343 g/mol. The van der Waals surface area contributed by atoms with Gasteiger partial charge in [0.05, 0.1) is 11.2 Å². The van der Waals surface area contributed by atoms with E-state index in [9.17, 15) is 0 Å². The van der Waals surface area contributed by atoms with Crippen molar-refractivity contribution >= 4 is 32.7 Å². The molecule has 1 unspecified atom stereocenters. The van der Waals surface area contributed by atoms with E-state index in [2.05, 4.69) is 31.2 Å². The zero-order valence-corrected chi connectivity index (χ0v) is 12.9. The quantitative estimate of drug-likeness (QED) is 0.761. The second-order valence-electron chi connectivity index (χ2n) is 4.78. The number of aromatic nitrogens is 2. The zero-order chi connectivity index (χ0) is 14.7. The van der Waals surface area contributed by atoms with Crippen LogP contribution in [0.1, 0.15) is 11.6 Å². The van der Waals surface area contributed by atoms with Crippen LogP contribution in [0, 0.1) is 0 Å². The third-order valence-corrected chi connectivity index (χ3v) is 3.72. The van der Waals surface area contributed by atoms with Crippen LogP contribution in [0.15, 0.2) is 59.3 Å². The van der Waals surface area contributed by atoms with E-state index in [-0.39, 0.29) is 6.04 Å². The summed E-state index contributed by atoms with van der Waals surface area (Å²) in [5.41, 5.74) is 9.96. The number of hydrogen-bond acceptors (Lipinski definition) is 4. The zero-order valence-electron chi connectivity index (χ0n) is 11.3. The van der Waals surface area contributed by atoms with Gasteiger partial charge in [0.2, 0.25) is 0 Å². The third-order valence-electron chi connectivity index (χ3n) is 3.28. The molecule has 0 aliphatic carbocycles. The summed E-state index contributed by atoms with van der Waals surface area (Å²) in [6.45, 7) is 0.640. The van der Waals surface area contributed by atoms with E-state index < -0.39 is 0 Å². The number of nitrogens with two attached hydrogens (primary N) is 1. The summed E-state index contributed by atoms with van der Waals surface area (Å²) >= 11 is 3.41. The maximum Gasteiger partial charge on any atom is 0.112 e. The van der Waals surface area contributed by atoms with Gasteiger partial charge in [0, 0.05) is 29.5 Å². The molecule has 0 radical (unpaired) electrons. The lowest BCUT2D eigenvalue weighted by molar-refractivity contribution is 0.765. The van der Waals surface area contributed by atoms with Crippen molar-refractivity contribution in [2.24, 2.45) is 5.73 Å². The molecule has 0 fully saturated rings. The number of benzene rings is 1. The standard InChI is InChI=1S/C16H15BrN4/c17-12-8-15-16(21-9-12)14(6-7-19-15)20-10-13(18)11-4-2-1-3-5-11/h1-9,13H,10,18H2,(H,19,20). The fourth-order valence-corrected chi connectivity index (χ4v) is 2.51. The number of fused-ring (bicyclic) bond motifs is 1. The maximum absolute atomic E-state index is 6.20. The summed E-state index contributed by atoms with van der Waals surface area (Å²) in [5, 5.41) is 3.36. The second-order valence-corrected chi connectivity index (χ2v) is 5.69.